The van der Waals surface area contributed by atoms with Crippen molar-refractivity contribution in [3.05, 3.63) is 59.1 Å². The Balaban J connectivity index is 1.61. The van der Waals surface area contributed by atoms with Gasteiger partial charge >= 0.3 is 0 Å². The maximum atomic E-state index is 13.3. The molecule has 0 bridgehead atoms. The molecule has 1 fully saturated rings. The minimum Gasteiger partial charge on any atom is -0.398 e. The van der Waals surface area contributed by atoms with Gasteiger partial charge in [-0.3, -0.25) is 9.79 Å². The van der Waals surface area contributed by atoms with E-state index in [1.165, 1.54) is 11.3 Å². The van der Waals surface area contributed by atoms with Crippen LogP contribution in [0.3, 0.4) is 0 Å². The van der Waals surface area contributed by atoms with Crippen LogP contribution >= 0.6 is 11.3 Å². The summed E-state index contributed by atoms with van der Waals surface area (Å²) >= 11 is 1.53. The third-order valence-electron chi connectivity index (χ3n) is 5.69. The molecule has 2 aromatic carbocycles. The van der Waals surface area contributed by atoms with Crippen LogP contribution < -0.4 is 16.0 Å². The first kappa shape index (κ1) is 24.8. The van der Waals surface area contributed by atoms with Crippen LogP contribution in [0.4, 0.5) is 17.1 Å². The third-order valence-corrected chi connectivity index (χ3v) is 6.51. The van der Waals surface area contributed by atoms with Gasteiger partial charge in [-0.25, -0.2) is 4.98 Å². The van der Waals surface area contributed by atoms with Crippen molar-refractivity contribution in [2.45, 2.75) is 25.9 Å². The largest absolute Gasteiger partial charge is 0.398 e. The number of hydrogen-bond acceptors (Lipinski definition) is 8. The number of carbonyl (C=O) groups excluding carboxylic acids is 1. The zero-order valence-corrected chi connectivity index (χ0v) is 20.8. The molecule has 1 aliphatic rings. The molecule has 1 saturated heterocycles. The Bertz CT molecular complexity index is 1180. The highest BCUT2D eigenvalue weighted by Crippen LogP contribution is 2.32. The highest BCUT2D eigenvalue weighted by molar-refractivity contribution is 7.13. The number of thiazole rings is 1. The van der Waals surface area contributed by atoms with Crippen molar-refractivity contribution in [2.75, 3.05) is 48.8 Å². The molecule has 9 heteroatoms. The second-order valence-corrected chi connectivity index (χ2v) is 9.96. The number of rotatable bonds is 8. The van der Waals surface area contributed by atoms with Gasteiger partial charge in [0, 0.05) is 59.8 Å². The monoisotopic (exact) mass is 493 g/mol. The van der Waals surface area contributed by atoms with E-state index in [-0.39, 0.29) is 5.91 Å². The molecule has 35 heavy (non-hydrogen) atoms. The van der Waals surface area contributed by atoms with Gasteiger partial charge in [0.2, 0.25) is 0 Å². The molecule has 8 nitrogen and oxygen atoms in total. The van der Waals surface area contributed by atoms with Crippen LogP contribution in [0.15, 0.2) is 53.0 Å². The van der Waals surface area contributed by atoms with Gasteiger partial charge in [-0.2, -0.15) is 0 Å². The van der Waals surface area contributed by atoms with Crippen molar-refractivity contribution in [1.82, 2.24) is 4.98 Å². The summed E-state index contributed by atoms with van der Waals surface area (Å²) < 4.78 is 5.50. The molecule has 4 rings (SSSR count). The second kappa shape index (κ2) is 11.0. The zero-order valence-electron chi connectivity index (χ0n) is 20.0. The SMILES string of the molecule is CC(C)(O)CCN=Cc1cc(NC(=O)c2cccc(-c3nccs3)c2)c(N2CCOCC2)cc1N. The van der Waals surface area contributed by atoms with Crippen molar-refractivity contribution in [3.8, 4) is 10.6 Å². The van der Waals surface area contributed by atoms with E-state index in [9.17, 15) is 9.90 Å². The summed E-state index contributed by atoms with van der Waals surface area (Å²) in [7, 11) is 0. The first-order chi connectivity index (χ1) is 16.8. The lowest BCUT2D eigenvalue weighted by Gasteiger charge is -2.31. The molecule has 0 aliphatic carbocycles. The molecule has 0 radical (unpaired) electrons. The van der Waals surface area contributed by atoms with Crippen molar-refractivity contribution in [3.63, 3.8) is 0 Å². The van der Waals surface area contributed by atoms with Crippen molar-refractivity contribution < 1.29 is 14.6 Å². The van der Waals surface area contributed by atoms with Gasteiger partial charge in [-0.05, 0) is 44.5 Å². The number of amides is 1. The summed E-state index contributed by atoms with van der Waals surface area (Å²) in [5.74, 6) is -0.215. The number of nitrogens with two attached hydrogens (primary N) is 1. The normalized spacial score (nSPS) is 14.4. The quantitative estimate of drug-likeness (QED) is 0.322. The smallest absolute Gasteiger partial charge is 0.255 e. The number of morpholine rings is 1. The molecular formula is C26H31N5O3S. The third kappa shape index (κ3) is 6.66. The van der Waals surface area contributed by atoms with Gasteiger partial charge in [0.25, 0.3) is 5.91 Å². The number of aromatic nitrogens is 1. The number of aliphatic imine (C=N–C) groups is 1. The highest BCUT2D eigenvalue weighted by atomic mass is 32.1. The van der Waals surface area contributed by atoms with Gasteiger partial charge < -0.3 is 25.8 Å². The van der Waals surface area contributed by atoms with E-state index in [2.05, 4.69) is 20.2 Å². The fraction of sp³-hybridized carbons (Fsp3) is 0.346. The van der Waals surface area contributed by atoms with Gasteiger partial charge in [0.1, 0.15) is 5.01 Å². The molecule has 1 amide bonds. The minimum absolute atomic E-state index is 0.215. The average molecular weight is 494 g/mol. The molecule has 3 aromatic rings. The Morgan fingerprint density at radius 2 is 2.11 bits per heavy atom. The molecule has 0 saturated carbocycles. The molecule has 2 heterocycles. The number of ether oxygens (including phenoxy) is 1. The van der Waals surface area contributed by atoms with E-state index in [0.717, 1.165) is 16.3 Å². The first-order valence-electron chi connectivity index (χ1n) is 11.6. The minimum atomic E-state index is -0.782. The lowest BCUT2D eigenvalue weighted by molar-refractivity contribution is 0.0739. The van der Waals surface area contributed by atoms with Gasteiger partial charge in [-0.15, -0.1) is 11.3 Å². The summed E-state index contributed by atoms with van der Waals surface area (Å²) in [6.07, 6.45) is 3.98. The summed E-state index contributed by atoms with van der Waals surface area (Å²) in [6, 6.07) is 11.2. The second-order valence-electron chi connectivity index (χ2n) is 9.07. The number of aliphatic hydroxyl groups is 1. The maximum Gasteiger partial charge on any atom is 0.255 e. The maximum absolute atomic E-state index is 13.3. The van der Waals surface area contributed by atoms with E-state index < -0.39 is 5.60 Å². The summed E-state index contributed by atoms with van der Waals surface area (Å²) in [5.41, 5.74) is 9.82. The molecule has 1 aliphatic heterocycles. The van der Waals surface area contributed by atoms with E-state index in [1.54, 1.807) is 32.3 Å². The molecule has 4 N–H and O–H groups in total. The van der Waals surface area contributed by atoms with Crippen LogP contribution in [0.25, 0.3) is 10.6 Å². The van der Waals surface area contributed by atoms with Crippen LogP contribution in [0.1, 0.15) is 36.2 Å². The fourth-order valence-electron chi connectivity index (χ4n) is 3.75. The van der Waals surface area contributed by atoms with Crippen LogP contribution in [0.5, 0.6) is 0 Å². The molecule has 1 aromatic heterocycles. The number of anilines is 3. The number of carbonyl (C=O) groups is 1. The first-order valence-corrected chi connectivity index (χ1v) is 12.5. The summed E-state index contributed by atoms with van der Waals surface area (Å²) in [5, 5.41) is 15.8. The molecule has 0 unspecified atom stereocenters. The van der Waals surface area contributed by atoms with Crippen molar-refractivity contribution >= 4 is 40.5 Å². The molecular weight excluding hydrogens is 462 g/mol. The van der Waals surface area contributed by atoms with E-state index in [4.69, 9.17) is 10.5 Å². The predicted molar refractivity (Wildman–Crippen MR) is 143 cm³/mol. The molecule has 184 valence electrons. The number of nitrogen functional groups attached to an aromatic ring is 1. The topological polar surface area (TPSA) is 113 Å². The van der Waals surface area contributed by atoms with Crippen LogP contribution in [-0.4, -0.2) is 60.7 Å². The predicted octanol–water partition coefficient (Wildman–Crippen LogP) is 4.06. The Kier molecular flexibility index (Phi) is 7.80. The standard InChI is InChI=1S/C26H31N5O3S/c1-26(2,33)6-7-28-17-20-15-22(23(16-21(20)27)31-9-11-34-12-10-31)30-24(32)18-4-3-5-19(14-18)25-29-8-13-35-25/h3-5,8,13-17,33H,6-7,9-12,27H2,1-2H3,(H,30,32). The average Bonchev–Trinajstić information content (AvgIpc) is 3.38. The Hall–Kier alpha value is -3.27. The van der Waals surface area contributed by atoms with Gasteiger partial charge in [0.05, 0.1) is 30.2 Å². The van der Waals surface area contributed by atoms with E-state index in [0.29, 0.717) is 61.8 Å². The summed E-state index contributed by atoms with van der Waals surface area (Å²) in [4.78, 5) is 24.2. The Labute approximate surface area is 209 Å². The lowest BCUT2D eigenvalue weighted by Crippen LogP contribution is -2.37. The van der Waals surface area contributed by atoms with Crippen LogP contribution in [0, 0.1) is 0 Å². The van der Waals surface area contributed by atoms with E-state index in [1.807, 2.05) is 35.7 Å². The number of nitrogens with one attached hydrogen (secondary N) is 1. The Morgan fingerprint density at radius 1 is 1.31 bits per heavy atom. The van der Waals surface area contributed by atoms with E-state index >= 15 is 0 Å². The number of nitrogens with zero attached hydrogens (tertiary/aromatic N) is 3. The fourth-order valence-corrected chi connectivity index (χ4v) is 4.39. The Morgan fingerprint density at radius 3 is 2.83 bits per heavy atom. The van der Waals surface area contributed by atoms with Crippen molar-refractivity contribution in [2.24, 2.45) is 4.99 Å². The highest BCUT2D eigenvalue weighted by Gasteiger charge is 2.19. The van der Waals surface area contributed by atoms with Gasteiger partial charge in [0.15, 0.2) is 0 Å². The molecule has 0 spiro atoms. The summed E-state index contributed by atoms with van der Waals surface area (Å²) in [6.45, 7) is 6.63. The lowest BCUT2D eigenvalue weighted by atomic mass is 10.1. The van der Waals surface area contributed by atoms with Gasteiger partial charge in [-0.1, -0.05) is 12.1 Å². The zero-order chi connectivity index (χ0) is 24.8. The number of hydrogen-bond donors (Lipinski definition) is 3. The van der Waals surface area contributed by atoms with Crippen molar-refractivity contribution in [1.29, 1.82) is 0 Å². The van der Waals surface area contributed by atoms with Crippen LogP contribution in [-0.2, 0) is 4.74 Å². The number of benzene rings is 2. The molecule has 0 atom stereocenters. The van der Waals surface area contributed by atoms with Crippen LogP contribution in [0.2, 0.25) is 0 Å².